The zero-order valence-corrected chi connectivity index (χ0v) is 9.29. The molecule has 1 amide bonds. The van der Waals surface area contributed by atoms with Gasteiger partial charge in [-0.15, -0.1) is 0 Å². The molecule has 0 aliphatic heterocycles. The first-order chi connectivity index (χ1) is 7.61. The summed E-state index contributed by atoms with van der Waals surface area (Å²) >= 11 is 0. The lowest BCUT2D eigenvalue weighted by Crippen LogP contribution is -2.35. The number of nitriles is 1. The highest BCUT2D eigenvalue weighted by molar-refractivity contribution is 5.79. The lowest BCUT2D eigenvalue weighted by atomic mass is 10.1. The number of hydrogen-bond acceptors (Lipinski definition) is 2. The molecule has 3 nitrogen and oxygen atoms in total. The molecule has 1 saturated carbocycles. The molecule has 1 aromatic carbocycles. The average molecular weight is 214 g/mol. The van der Waals surface area contributed by atoms with Crippen molar-refractivity contribution in [3.8, 4) is 6.07 Å². The van der Waals surface area contributed by atoms with Crippen molar-refractivity contribution in [1.82, 2.24) is 5.32 Å². The highest BCUT2D eigenvalue weighted by Crippen LogP contribution is 2.34. The minimum absolute atomic E-state index is 0.0453. The van der Waals surface area contributed by atoms with Crippen LogP contribution in [-0.4, -0.2) is 11.4 Å². The first-order valence-corrected chi connectivity index (χ1v) is 5.41. The van der Waals surface area contributed by atoms with Gasteiger partial charge in [0, 0.05) is 5.54 Å². The molecule has 0 spiro atoms. The molecule has 1 aromatic rings. The van der Waals surface area contributed by atoms with Gasteiger partial charge in [0.2, 0.25) is 5.91 Å². The molecule has 16 heavy (non-hydrogen) atoms. The monoisotopic (exact) mass is 214 g/mol. The summed E-state index contributed by atoms with van der Waals surface area (Å²) < 4.78 is 0. The van der Waals surface area contributed by atoms with Crippen molar-refractivity contribution in [3.63, 3.8) is 0 Å². The quantitative estimate of drug-likeness (QED) is 0.833. The second-order valence-electron chi connectivity index (χ2n) is 4.59. The van der Waals surface area contributed by atoms with Gasteiger partial charge in [0.1, 0.15) is 0 Å². The van der Waals surface area contributed by atoms with Crippen LogP contribution in [0.1, 0.15) is 30.9 Å². The summed E-state index contributed by atoms with van der Waals surface area (Å²) in [6, 6.07) is 9.18. The van der Waals surface area contributed by atoms with Gasteiger partial charge in [-0.3, -0.25) is 4.79 Å². The number of benzene rings is 1. The van der Waals surface area contributed by atoms with E-state index < -0.39 is 0 Å². The predicted molar refractivity (Wildman–Crippen MR) is 60.6 cm³/mol. The SMILES string of the molecule is CC1(NC(=O)Cc2ccc(C#N)cc2)CC1. The van der Waals surface area contributed by atoms with E-state index >= 15 is 0 Å². The van der Waals surface area contributed by atoms with Crippen LogP contribution in [0.3, 0.4) is 0 Å². The first kappa shape index (κ1) is 10.7. The Morgan fingerprint density at radius 3 is 2.56 bits per heavy atom. The normalized spacial score (nSPS) is 16.2. The minimum Gasteiger partial charge on any atom is -0.351 e. The van der Waals surface area contributed by atoms with Crippen molar-refractivity contribution in [2.24, 2.45) is 0 Å². The van der Waals surface area contributed by atoms with Gasteiger partial charge in [-0.1, -0.05) is 12.1 Å². The summed E-state index contributed by atoms with van der Waals surface area (Å²) in [6.45, 7) is 2.06. The zero-order chi connectivity index (χ0) is 11.6. The zero-order valence-electron chi connectivity index (χ0n) is 9.29. The van der Waals surface area contributed by atoms with Crippen LogP contribution in [-0.2, 0) is 11.2 Å². The van der Waals surface area contributed by atoms with E-state index in [0.717, 1.165) is 18.4 Å². The fourth-order valence-electron chi connectivity index (χ4n) is 1.58. The second-order valence-corrected chi connectivity index (χ2v) is 4.59. The smallest absolute Gasteiger partial charge is 0.224 e. The average Bonchev–Trinajstić information content (AvgIpc) is 2.96. The predicted octanol–water partition coefficient (Wildman–Crippen LogP) is 1.77. The van der Waals surface area contributed by atoms with Crippen LogP contribution in [0.15, 0.2) is 24.3 Å². The maximum atomic E-state index is 11.6. The second kappa shape index (κ2) is 3.97. The third kappa shape index (κ3) is 2.60. The number of carbonyl (C=O) groups is 1. The fraction of sp³-hybridized carbons (Fsp3) is 0.385. The molecular weight excluding hydrogens is 200 g/mol. The summed E-state index contributed by atoms with van der Waals surface area (Å²) in [4.78, 5) is 11.6. The molecule has 1 aliphatic carbocycles. The van der Waals surface area contributed by atoms with E-state index in [4.69, 9.17) is 5.26 Å². The number of carbonyl (C=O) groups excluding carboxylic acids is 1. The Hall–Kier alpha value is -1.82. The molecule has 0 aromatic heterocycles. The highest BCUT2D eigenvalue weighted by Gasteiger charge is 2.38. The van der Waals surface area contributed by atoms with Crippen LogP contribution in [0.2, 0.25) is 0 Å². The van der Waals surface area contributed by atoms with Crippen LogP contribution >= 0.6 is 0 Å². The van der Waals surface area contributed by atoms with Gasteiger partial charge in [0.05, 0.1) is 18.1 Å². The Labute approximate surface area is 95.1 Å². The molecule has 82 valence electrons. The third-order valence-corrected chi connectivity index (χ3v) is 2.89. The van der Waals surface area contributed by atoms with E-state index in [2.05, 4.69) is 18.3 Å². The number of amides is 1. The molecule has 3 heteroatoms. The summed E-state index contributed by atoms with van der Waals surface area (Å²) in [5.41, 5.74) is 1.61. The Morgan fingerprint density at radius 2 is 2.06 bits per heavy atom. The molecule has 0 bridgehead atoms. The van der Waals surface area contributed by atoms with Gasteiger partial charge in [-0.05, 0) is 37.5 Å². The summed E-state index contributed by atoms with van der Waals surface area (Å²) in [5, 5.41) is 11.6. The van der Waals surface area contributed by atoms with Gasteiger partial charge in [0.15, 0.2) is 0 Å². The highest BCUT2D eigenvalue weighted by atomic mass is 16.1. The van der Waals surface area contributed by atoms with Gasteiger partial charge in [-0.2, -0.15) is 5.26 Å². The minimum atomic E-state index is 0.0453. The van der Waals surface area contributed by atoms with Crippen LogP contribution < -0.4 is 5.32 Å². The van der Waals surface area contributed by atoms with Gasteiger partial charge in [0.25, 0.3) is 0 Å². The summed E-state index contributed by atoms with van der Waals surface area (Å²) in [7, 11) is 0. The molecule has 0 atom stereocenters. The van der Waals surface area contributed by atoms with Gasteiger partial charge >= 0.3 is 0 Å². The number of nitrogens with zero attached hydrogens (tertiary/aromatic N) is 1. The Bertz CT molecular complexity index is 438. The molecule has 0 saturated heterocycles. The molecule has 2 rings (SSSR count). The van der Waals surface area contributed by atoms with E-state index in [0.29, 0.717) is 12.0 Å². The standard InChI is InChI=1S/C13H14N2O/c1-13(6-7-13)15-12(16)8-10-2-4-11(9-14)5-3-10/h2-5H,6-8H2,1H3,(H,15,16). The van der Waals surface area contributed by atoms with E-state index in [-0.39, 0.29) is 11.4 Å². The van der Waals surface area contributed by atoms with E-state index in [1.165, 1.54) is 0 Å². The lowest BCUT2D eigenvalue weighted by Gasteiger charge is -2.11. The van der Waals surface area contributed by atoms with E-state index in [9.17, 15) is 4.79 Å². The molecule has 0 radical (unpaired) electrons. The molecule has 0 unspecified atom stereocenters. The molecular formula is C13H14N2O. The summed E-state index contributed by atoms with van der Waals surface area (Å²) in [5.74, 6) is 0.0599. The van der Waals surface area contributed by atoms with E-state index in [1.54, 1.807) is 12.1 Å². The molecule has 0 heterocycles. The topological polar surface area (TPSA) is 52.9 Å². The van der Waals surface area contributed by atoms with Crippen molar-refractivity contribution < 1.29 is 4.79 Å². The molecule has 1 fully saturated rings. The Kier molecular flexibility index (Phi) is 2.66. The maximum absolute atomic E-state index is 11.6. The Balaban J connectivity index is 1.93. The van der Waals surface area contributed by atoms with Crippen molar-refractivity contribution in [3.05, 3.63) is 35.4 Å². The van der Waals surface area contributed by atoms with Gasteiger partial charge < -0.3 is 5.32 Å². The number of nitrogens with one attached hydrogen (secondary N) is 1. The molecule has 1 aliphatic rings. The number of rotatable bonds is 3. The van der Waals surface area contributed by atoms with Crippen molar-refractivity contribution >= 4 is 5.91 Å². The maximum Gasteiger partial charge on any atom is 0.224 e. The van der Waals surface area contributed by atoms with Crippen molar-refractivity contribution in [2.75, 3.05) is 0 Å². The van der Waals surface area contributed by atoms with Crippen LogP contribution in [0, 0.1) is 11.3 Å². The van der Waals surface area contributed by atoms with Gasteiger partial charge in [-0.25, -0.2) is 0 Å². The lowest BCUT2D eigenvalue weighted by molar-refractivity contribution is -0.121. The van der Waals surface area contributed by atoms with E-state index in [1.807, 2.05) is 12.1 Å². The third-order valence-electron chi connectivity index (χ3n) is 2.89. The first-order valence-electron chi connectivity index (χ1n) is 5.41. The molecule has 1 N–H and O–H groups in total. The Morgan fingerprint density at radius 1 is 1.44 bits per heavy atom. The number of hydrogen-bond donors (Lipinski definition) is 1. The largest absolute Gasteiger partial charge is 0.351 e. The van der Waals surface area contributed by atoms with Crippen molar-refractivity contribution in [2.45, 2.75) is 31.7 Å². The van der Waals surface area contributed by atoms with Crippen molar-refractivity contribution in [1.29, 1.82) is 5.26 Å². The van der Waals surface area contributed by atoms with Crippen LogP contribution in [0.4, 0.5) is 0 Å². The van der Waals surface area contributed by atoms with Crippen LogP contribution in [0.5, 0.6) is 0 Å². The summed E-state index contributed by atoms with van der Waals surface area (Å²) in [6.07, 6.45) is 2.54. The fourth-order valence-corrected chi connectivity index (χ4v) is 1.58. The van der Waals surface area contributed by atoms with Crippen LogP contribution in [0.25, 0.3) is 0 Å².